The largest absolute Gasteiger partial charge is 0.444 e. The molecule has 5 nitrogen and oxygen atoms in total. The van der Waals surface area contributed by atoms with Gasteiger partial charge in [0.25, 0.3) is 0 Å². The van der Waals surface area contributed by atoms with Crippen LogP contribution in [0.1, 0.15) is 40.0 Å². The van der Waals surface area contributed by atoms with Crippen molar-refractivity contribution in [3.8, 4) is 0 Å². The smallest absolute Gasteiger partial charge is 0.410 e. The molecule has 1 aliphatic carbocycles. The van der Waals surface area contributed by atoms with Gasteiger partial charge in [-0.2, -0.15) is 0 Å². The highest BCUT2D eigenvalue weighted by Gasteiger charge is 2.53. The molecule has 1 heterocycles. The van der Waals surface area contributed by atoms with Crippen LogP contribution in [0.3, 0.4) is 0 Å². The molecular formula is C13H22N2O3. The zero-order valence-electron chi connectivity index (χ0n) is 11.4. The van der Waals surface area contributed by atoms with Crippen LogP contribution in [-0.4, -0.2) is 41.5 Å². The number of rotatable bonds is 0. The van der Waals surface area contributed by atoms with E-state index >= 15 is 0 Å². The molecule has 0 aromatic rings. The Hall–Kier alpha value is -1.10. The summed E-state index contributed by atoms with van der Waals surface area (Å²) >= 11 is 0. The molecule has 1 amide bonds. The molecule has 0 aromatic heterocycles. The van der Waals surface area contributed by atoms with Crippen LogP contribution in [0.5, 0.6) is 0 Å². The third kappa shape index (κ3) is 2.23. The van der Waals surface area contributed by atoms with Crippen molar-refractivity contribution in [3.05, 3.63) is 0 Å². The van der Waals surface area contributed by atoms with Crippen molar-refractivity contribution in [1.82, 2.24) is 4.90 Å². The summed E-state index contributed by atoms with van der Waals surface area (Å²) in [5.74, 6) is 0.209. The lowest BCUT2D eigenvalue weighted by molar-refractivity contribution is -0.125. The first kappa shape index (κ1) is 13.3. The second-order valence-corrected chi connectivity index (χ2v) is 6.38. The van der Waals surface area contributed by atoms with Crippen molar-refractivity contribution < 1.29 is 14.3 Å². The number of ether oxygens (including phenoxy) is 1. The van der Waals surface area contributed by atoms with Gasteiger partial charge >= 0.3 is 6.09 Å². The van der Waals surface area contributed by atoms with Crippen LogP contribution < -0.4 is 5.73 Å². The van der Waals surface area contributed by atoms with E-state index in [-0.39, 0.29) is 17.9 Å². The first-order chi connectivity index (χ1) is 8.24. The maximum Gasteiger partial charge on any atom is 0.410 e. The van der Waals surface area contributed by atoms with E-state index in [1.165, 1.54) is 0 Å². The fraction of sp³-hybridized carbons (Fsp3) is 0.846. The third-order valence-corrected chi connectivity index (χ3v) is 3.90. The Labute approximate surface area is 108 Å². The highest BCUT2D eigenvalue weighted by molar-refractivity contribution is 5.89. The lowest BCUT2D eigenvalue weighted by Gasteiger charge is -2.28. The molecule has 0 bridgehead atoms. The van der Waals surface area contributed by atoms with Crippen molar-refractivity contribution in [2.45, 2.75) is 51.7 Å². The summed E-state index contributed by atoms with van der Waals surface area (Å²) < 4.78 is 5.33. The summed E-state index contributed by atoms with van der Waals surface area (Å²) in [6, 6.07) is -0.113. The Balaban J connectivity index is 2.04. The van der Waals surface area contributed by atoms with E-state index in [2.05, 4.69) is 0 Å². The maximum atomic E-state index is 12.0. The van der Waals surface area contributed by atoms with Gasteiger partial charge in [0.05, 0.1) is 5.41 Å². The lowest BCUT2D eigenvalue weighted by Crippen LogP contribution is -2.45. The fourth-order valence-corrected chi connectivity index (χ4v) is 2.86. The molecule has 102 valence electrons. The lowest BCUT2D eigenvalue weighted by atomic mass is 9.81. The summed E-state index contributed by atoms with van der Waals surface area (Å²) in [7, 11) is 0. The third-order valence-electron chi connectivity index (χ3n) is 3.90. The second kappa shape index (κ2) is 4.23. The van der Waals surface area contributed by atoms with Gasteiger partial charge in [-0.05, 0) is 33.6 Å². The number of carbonyl (C=O) groups excluding carboxylic acids is 2. The van der Waals surface area contributed by atoms with E-state index < -0.39 is 11.0 Å². The maximum absolute atomic E-state index is 12.0. The topological polar surface area (TPSA) is 72.6 Å². The molecule has 2 rings (SSSR count). The summed E-state index contributed by atoms with van der Waals surface area (Å²) in [5.41, 5.74) is 5.05. The quantitative estimate of drug-likeness (QED) is 0.707. The van der Waals surface area contributed by atoms with Crippen LogP contribution in [0.25, 0.3) is 0 Å². The van der Waals surface area contributed by atoms with Crippen molar-refractivity contribution in [2.75, 3.05) is 13.1 Å². The van der Waals surface area contributed by atoms with Gasteiger partial charge in [-0.25, -0.2) is 4.79 Å². The minimum absolute atomic E-state index is 0.113. The van der Waals surface area contributed by atoms with E-state index in [1.807, 2.05) is 20.8 Å². The van der Waals surface area contributed by atoms with Gasteiger partial charge in [0.2, 0.25) is 0 Å². The van der Waals surface area contributed by atoms with Gasteiger partial charge in [0, 0.05) is 25.6 Å². The first-order valence-electron chi connectivity index (χ1n) is 6.51. The van der Waals surface area contributed by atoms with E-state index in [0.717, 1.165) is 6.42 Å². The predicted octanol–water partition coefficient (Wildman–Crippen LogP) is 1.30. The number of nitrogens with two attached hydrogens (primary N) is 1. The molecule has 2 fully saturated rings. The van der Waals surface area contributed by atoms with E-state index in [9.17, 15) is 9.59 Å². The summed E-state index contributed by atoms with van der Waals surface area (Å²) in [4.78, 5) is 25.6. The fourth-order valence-electron chi connectivity index (χ4n) is 2.86. The van der Waals surface area contributed by atoms with Gasteiger partial charge in [0.15, 0.2) is 0 Å². The Morgan fingerprint density at radius 3 is 2.67 bits per heavy atom. The molecule has 2 aliphatic rings. The van der Waals surface area contributed by atoms with Crippen LogP contribution in [0.15, 0.2) is 0 Å². The molecule has 2 N–H and O–H groups in total. The highest BCUT2D eigenvalue weighted by atomic mass is 16.6. The van der Waals surface area contributed by atoms with Crippen LogP contribution in [0, 0.1) is 5.41 Å². The van der Waals surface area contributed by atoms with Crippen molar-refractivity contribution in [3.63, 3.8) is 0 Å². The summed E-state index contributed by atoms with van der Waals surface area (Å²) in [6.07, 6.45) is 1.61. The highest BCUT2D eigenvalue weighted by Crippen LogP contribution is 2.42. The predicted molar refractivity (Wildman–Crippen MR) is 67.1 cm³/mol. The number of hydrogen-bond acceptors (Lipinski definition) is 4. The Morgan fingerprint density at radius 2 is 2.17 bits per heavy atom. The molecule has 5 heteroatoms. The minimum Gasteiger partial charge on any atom is -0.444 e. The Morgan fingerprint density at radius 1 is 1.50 bits per heavy atom. The SMILES string of the molecule is CC(C)(C)OC(=O)N1CCC2(C1)C(=O)CCC2N. The zero-order valence-corrected chi connectivity index (χ0v) is 11.4. The second-order valence-electron chi connectivity index (χ2n) is 6.38. The van der Waals surface area contributed by atoms with Crippen LogP contribution in [0.2, 0.25) is 0 Å². The first-order valence-corrected chi connectivity index (χ1v) is 6.51. The summed E-state index contributed by atoms with van der Waals surface area (Å²) in [5, 5.41) is 0. The molecule has 1 spiro atoms. The number of likely N-dealkylation sites (tertiary alicyclic amines) is 1. The van der Waals surface area contributed by atoms with Gasteiger partial charge in [-0.1, -0.05) is 0 Å². The average molecular weight is 254 g/mol. The minimum atomic E-state index is -0.505. The van der Waals surface area contributed by atoms with Gasteiger partial charge in [0.1, 0.15) is 11.4 Å². The van der Waals surface area contributed by atoms with Crippen molar-refractivity contribution in [2.24, 2.45) is 11.1 Å². The molecule has 1 saturated carbocycles. The standard InChI is InChI=1S/C13H22N2O3/c1-12(2,3)18-11(17)15-7-6-13(8-15)9(14)4-5-10(13)16/h9H,4-8,14H2,1-3H3. The van der Waals surface area contributed by atoms with Crippen LogP contribution >= 0.6 is 0 Å². The molecule has 2 atom stereocenters. The summed E-state index contributed by atoms with van der Waals surface area (Å²) in [6.45, 7) is 6.49. The number of ketones is 1. The monoisotopic (exact) mass is 254 g/mol. The van der Waals surface area contributed by atoms with E-state index in [0.29, 0.717) is 25.9 Å². The number of amides is 1. The number of carbonyl (C=O) groups is 2. The van der Waals surface area contributed by atoms with Gasteiger partial charge in [-0.15, -0.1) is 0 Å². The number of Topliss-reactive ketones (excluding diaryl/α,β-unsaturated/α-hetero) is 1. The molecule has 1 aliphatic heterocycles. The number of nitrogens with zero attached hydrogens (tertiary/aromatic N) is 1. The van der Waals surface area contributed by atoms with Gasteiger partial charge in [-0.3, -0.25) is 4.79 Å². The Kier molecular flexibility index (Phi) is 3.13. The Bertz CT molecular complexity index is 375. The number of hydrogen-bond donors (Lipinski definition) is 1. The van der Waals surface area contributed by atoms with Crippen molar-refractivity contribution >= 4 is 11.9 Å². The van der Waals surface area contributed by atoms with E-state index in [1.54, 1.807) is 4.90 Å². The molecular weight excluding hydrogens is 232 g/mol. The van der Waals surface area contributed by atoms with E-state index in [4.69, 9.17) is 10.5 Å². The van der Waals surface area contributed by atoms with Crippen molar-refractivity contribution in [1.29, 1.82) is 0 Å². The van der Waals surface area contributed by atoms with Crippen LogP contribution in [-0.2, 0) is 9.53 Å². The average Bonchev–Trinajstić information content (AvgIpc) is 2.78. The van der Waals surface area contributed by atoms with Crippen LogP contribution in [0.4, 0.5) is 4.79 Å². The molecule has 1 saturated heterocycles. The molecule has 18 heavy (non-hydrogen) atoms. The molecule has 2 unspecified atom stereocenters. The zero-order chi connectivity index (χ0) is 13.6. The molecule has 0 aromatic carbocycles. The normalized spacial score (nSPS) is 32.3. The van der Waals surface area contributed by atoms with Gasteiger partial charge < -0.3 is 15.4 Å². The molecule has 0 radical (unpaired) electrons.